The first-order valence-electron chi connectivity index (χ1n) is 8.73. The van der Waals surface area contributed by atoms with Crippen molar-refractivity contribution < 1.29 is 4.74 Å². The molecule has 27 heavy (non-hydrogen) atoms. The maximum absolute atomic E-state index is 5.22. The van der Waals surface area contributed by atoms with E-state index in [1.54, 1.807) is 7.11 Å². The number of hydrogen-bond acceptors (Lipinski definition) is 5. The van der Waals surface area contributed by atoms with Crippen LogP contribution in [0.15, 0.2) is 72.8 Å². The van der Waals surface area contributed by atoms with E-state index in [-0.39, 0.29) is 0 Å². The zero-order valence-corrected chi connectivity index (χ0v) is 15.2. The van der Waals surface area contributed by atoms with Gasteiger partial charge in [0.05, 0.1) is 12.6 Å². The van der Waals surface area contributed by atoms with Crippen LogP contribution in [0.1, 0.15) is 5.56 Å². The standard InChI is InChI=1S/C22H20N4O/c1-15-7-9-17(10-8-15)24-22-25-20-6-4-3-5-19(20)21(26-22)23-16-11-13-18(27-2)14-12-16/h3-14H,1-2H3,(H2,23,24,25,26). The maximum atomic E-state index is 5.22. The van der Waals surface area contributed by atoms with Gasteiger partial charge < -0.3 is 15.4 Å². The van der Waals surface area contributed by atoms with Crippen molar-refractivity contribution >= 4 is 34.0 Å². The van der Waals surface area contributed by atoms with Crippen LogP contribution >= 0.6 is 0 Å². The van der Waals surface area contributed by atoms with Gasteiger partial charge in [0.15, 0.2) is 0 Å². The predicted molar refractivity (Wildman–Crippen MR) is 110 cm³/mol. The molecule has 2 N–H and O–H groups in total. The van der Waals surface area contributed by atoms with Crippen molar-refractivity contribution in [2.24, 2.45) is 0 Å². The molecule has 0 saturated carbocycles. The van der Waals surface area contributed by atoms with Gasteiger partial charge in [0.2, 0.25) is 5.95 Å². The molecule has 4 aromatic rings. The number of rotatable bonds is 5. The number of hydrogen-bond donors (Lipinski definition) is 2. The Balaban J connectivity index is 1.70. The molecule has 5 nitrogen and oxygen atoms in total. The summed E-state index contributed by atoms with van der Waals surface area (Å²) in [6.45, 7) is 2.06. The van der Waals surface area contributed by atoms with Crippen molar-refractivity contribution in [1.82, 2.24) is 9.97 Å². The van der Waals surface area contributed by atoms with Crippen LogP contribution in [0.5, 0.6) is 5.75 Å². The number of fused-ring (bicyclic) bond motifs is 1. The lowest BCUT2D eigenvalue weighted by molar-refractivity contribution is 0.415. The number of nitrogens with zero attached hydrogens (tertiary/aromatic N) is 2. The first-order chi connectivity index (χ1) is 13.2. The molecule has 0 aliphatic rings. The summed E-state index contributed by atoms with van der Waals surface area (Å²) in [6, 6.07) is 23.8. The number of nitrogens with one attached hydrogen (secondary N) is 2. The third kappa shape index (κ3) is 3.82. The van der Waals surface area contributed by atoms with Crippen LogP contribution in [-0.2, 0) is 0 Å². The Kier molecular flexibility index (Phi) is 4.58. The predicted octanol–water partition coefficient (Wildman–Crippen LogP) is 5.43. The molecule has 1 heterocycles. The maximum Gasteiger partial charge on any atom is 0.229 e. The largest absolute Gasteiger partial charge is 0.497 e. The average Bonchev–Trinajstić information content (AvgIpc) is 2.70. The molecule has 0 atom stereocenters. The zero-order chi connectivity index (χ0) is 18.6. The number of ether oxygens (including phenoxy) is 1. The fourth-order valence-electron chi connectivity index (χ4n) is 2.80. The second-order valence-corrected chi connectivity index (χ2v) is 6.26. The van der Waals surface area contributed by atoms with Gasteiger partial charge in [-0.05, 0) is 55.5 Å². The highest BCUT2D eigenvalue weighted by atomic mass is 16.5. The Hall–Kier alpha value is -3.60. The molecule has 0 radical (unpaired) electrons. The molecule has 4 rings (SSSR count). The van der Waals surface area contributed by atoms with Crippen molar-refractivity contribution in [3.05, 3.63) is 78.4 Å². The molecular weight excluding hydrogens is 336 g/mol. The Labute approximate surface area is 158 Å². The van der Waals surface area contributed by atoms with Crippen LogP contribution in [0.3, 0.4) is 0 Å². The summed E-state index contributed by atoms with van der Waals surface area (Å²) >= 11 is 0. The molecule has 0 spiro atoms. The van der Waals surface area contributed by atoms with Gasteiger partial charge in [0, 0.05) is 16.8 Å². The highest BCUT2D eigenvalue weighted by Crippen LogP contribution is 2.27. The monoisotopic (exact) mass is 356 g/mol. The van der Waals surface area contributed by atoms with Gasteiger partial charge in [-0.15, -0.1) is 0 Å². The summed E-state index contributed by atoms with van der Waals surface area (Å²) in [5, 5.41) is 7.63. The summed E-state index contributed by atoms with van der Waals surface area (Å²) in [7, 11) is 1.66. The van der Waals surface area contributed by atoms with Crippen LogP contribution in [0.4, 0.5) is 23.1 Å². The van der Waals surface area contributed by atoms with E-state index in [2.05, 4.69) is 34.7 Å². The van der Waals surface area contributed by atoms with Crippen LogP contribution in [0, 0.1) is 6.92 Å². The summed E-state index contributed by atoms with van der Waals surface area (Å²) in [5.41, 5.74) is 3.96. The second kappa shape index (κ2) is 7.33. The van der Waals surface area contributed by atoms with Crippen molar-refractivity contribution in [2.75, 3.05) is 17.7 Å². The zero-order valence-electron chi connectivity index (χ0n) is 15.2. The fourth-order valence-corrected chi connectivity index (χ4v) is 2.80. The van der Waals surface area contributed by atoms with Gasteiger partial charge in [0.1, 0.15) is 11.6 Å². The lowest BCUT2D eigenvalue weighted by Crippen LogP contribution is -2.02. The summed E-state index contributed by atoms with van der Waals surface area (Å²) in [4.78, 5) is 9.33. The molecule has 0 fully saturated rings. The van der Waals surface area contributed by atoms with Gasteiger partial charge in [-0.25, -0.2) is 4.98 Å². The minimum Gasteiger partial charge on any atom is -0.497 e. The van der Waals surface area contributed by atoms with Gasteiger partial charge >= 0.3 is 0 Å². The van der Waals surface area contributed by atoms with Crippen LogP contribution in [0.2, 0.25) is 0 Å². The van der Waals surface area contributed by atoms with E-state index in [9.17, 15) is 0 Å². The molecule has 0 saturated heterocycles. The van der Waals surface area contributed by atoms with Gasteiger partial charge in [-0.3, -0.25) is 0 Å². The van der Waals surface area contributed by atoms with Crippen molar-refractivity contribution in [2.45, 2.75) is 6.92 Å². The molecule has 3 aromatic carbocycles. The van der Waals surface area contributed by atoms with Gasteiger partial charge in [-0.2, -0.15) is 4.98 Å². The number of methoxy groups -OCH3 is 1. The number of benzene rings is 3. The fraction of sp³-hybridized carbons (Fsp3) is 0.0909. The van der Waals surface area contributed by atoms with Gasteiger partial charge in [0.25, 0.3) is 0 Å². The Morgan fingerprint density at radius 2 is 1.41 bits per heavy atom. The lowest BCUT2D eigenvalue weighted by atomic mass is 10.2. The quantitative estimate of drug-likeness (QED) is 0.499. The third-order valence-electron chi connectivity index (χ3n) is 4.26. The molecule has 0 aliphatic carbocycles. The number of aromatic nitrogens is 2. The highest BCUT2D eigenvalue weighted by molar-refractivity contribution is 5.92. The number of para-hydroxylation sites is 1. The Morgan fingerprint density at radius 1 is 0.741 bits per heavy atom. The van der Waals surface area contributed by atoms with E-state index in [0.717, 1.165) is 33.8 Å². The first kappa shape index (κ1) is 16.8. The van der Waals surface area contributed by atoms with Crippen LogP contribution in [0.25, 0.3) is 10.9 Å². The lowest BCUT2D eigenvalue weighted by Gasteiger charge is -2.12. The minimum atomic E-state index is 0.550. The summed E-state index contributed by atoms with van der Waals surface area (Å²) < 4.78 is 5.22. The number of anilines is 4. The molecule has 0 aliphatic heterocycles. The smallest absolute Gasteiger partial charge is 0.229 e. The topological polar surface area (TPSA) is 59.1 Å². The second-order valence-electron chi connectivity index (χ2n) is 6.26. The van der Waals surface area contributed by atoms with E-state index >= 15 is 0 Å². The summed E-state index contributed by atoms with van der Waals surface area (Å²) in [5.74, 6) is 2.11. The van der Waals surface area contributed by atoms with Crippen molar-refractivity contribution in [3.63, 3.8) is 0 Å². The average molecular weight is 356 g/mol. The van der Waals surface area contributed by atoms with Crippen LogP contribution < -0.4 is 15.4 Å². The van der Waals surface area contributed by atoms with Crippen molar-refractivity contribution in [3.8, 4) is 5.75 Å². The van der Waals surface area contributed by atoms with E-state index in [1.165, 1.54) is 5.56 Å². The molecule has 1 aromatic heterocycles. The minimum absolute atomic E-state index is 0.550. The Bertz CT molecular complexity index is 1060. The van der Waals surface area contributed by atoms with E-state index < -0.39 is 0 Å². The normalized spacial score (nSPS) is 10.6. The first-order valence-corrected chi connectivity index (χ1v) is 8.73. The highest BCUT2D eigenvalue weighted by Gasteiger charge is 2.08. The molecule has 0 bridgehead atoms. The van der Waals surface area contributed by atoms with Crippen LogP contribution in [-0.4, -0.2) is 17.1 Å². The SMILES string of the molecule is COc1ccc(Nc2nc(Nc3ccc(C)cc3)nc3ccccc23)cc1. The molecule has 134 valence electrons. The molecule has 0 amide bonds. The van der Waals surface area contributed by atoms with Crippen molar-refractivity contribution in [1.29, 1.82) is 0 Å². The van der Waals surface area contributed by atoms with E-state index in [0.29, 0.717) is 5.95 Å². The summed E-state index contributed by atoms with van der Waals surface area (Å²) in [6.07, 6.45) is 0. The Morgan fingerprint density at radius 3 is 2.15 bits per heavy atom. The number of aryl methyl sites for hydroxylation is 1. The molecule has 5 heteroatoms. The van der Waals surface area contributed by atoms with Gasteiger partial charge in [-0.1, -0.05) is 29.8 Å². The molecule has 0 unspecified atom stereocenters. The van der Waals surface area contributed by atoms with E-state index in [1.807, 2.05) is 60.7 Å². The molecular formula is C22H20N4O. The third-order valence-corrected chi connectivity index (χ3v) is 4.26. The van der Waals surface area contributed by atoms with E-state index in [4.69, 9.17) is 9.72 Å².